The van der Waals surface area contributed by atoms with Crippen LogP contribution in [0, 0.1) is 6.92 Å². The van der Waals surface area contributed by atoms with Gasteiger partial charge in [0.05, 0.1) is 16.1 Å². The Hall–Kier alpha value is -3.86. The summed E-state index contributed by atoms with van der Waals surface area (Å²) in [5, 5.41) is 2.47. The summed E-state index contributed by atoms with van der Waals surface area (Å²) >= 11 is 0. The topological polar surface area (TPSA) is 86.8 Å². The summed E-state index contributed by atoms with van der Waals surface area (Å²) in [6.45, 7) is 2.54. The zero-order valence-corrected chi connectivity index (χ0v) is 21.9. The minimum atomic E-state index is -4.73. The summed E-state index contributed by atoms with van der Waals surface area (Å²) in [5.74, 6) is -1.25. The van der Waals surface area contributed by atoms with Gasteiger partial charge in [-0.25, -0.2) is 8.42 Å². The minimum absolute atomic E-state index is 0.0183. The fourth-order valence-corrected chi connectivity index (χ4v) is 5.19. The molecule has 0 radical (unpaired) electrons. The van der Waals surface area contributed by atoms with Gasteiger partial charge in [0.25, 0.3) is 10.0 Å². The van der Waals surface area contributed by atoms with Crippen LogP contribution >= 0.6 is 0 Å². The number of hydrogen-bond donors (Lipinski definition) is 1. The summed E-state index contributed by atoms with van der Waals surface area (Å²) in [6, 6.07) is 17.1. The molecule has 2 amide bonds. The molecule has 202 valence electrons. The van der Waals surface area contributed by atoms with E-state index in [0.717, 1.165) is 17.7 Å². The average molecular weight is 548 g/mol. The number of aryl methyl sites for hydroxylation is 1. The van der Waals surface area contributed by atoms with E-state index < -0.39 is 46.2 Å². The van der Waals surface area contributed by atoms with Crippen molar-refractivity contribution >= 4 is 27.5 Å². The van der Waals surface area contributed by atoms with Gasteiger partial charge < -0.3 is 10.2 Å². The molecule has 0 saturated carbocycles. The molecule has 0 aliphatic rings. The number of halogens is 3. The first-order valence-corrected chi connectivity index (χ1v) is 13.1. The van der Waals surface area contributed by atoms with E-state index in [9.17, 15) is 31.2 Å². The van der Waals surface area contributed by atoms with E-state index in [1.807, 2.05) is 19.1 Å². The van der Waals surface area contributed by atoms with E-state index in [4.69, 9.17) is 0 Å². The Bertz CT molecular complexity index is 1380. The summed E-state index contributed by atoms with van der Waals surface area (Å²) in [5.41, 5.74) is 0.276. The first-order valence-electron chi connectivity index (χ1n) is 11.7. The van der Waals surface area contributed by atoms with E-state index in [0.29, 0.717) is 15.9 Å². The highest BCUT2D eigenvalue weighted by molar-refractivity contribution is 7.92. The summed E-state index contributed by atoms with van der Waals surface area (Å²) < 4.78 is 68.2. The lowest BCUT2D eigenvalue weighted by molar-refractivity contribution is -0.139. The van der Waals surface area contributed by atoms with Gasteiger partial charge in [-0.05, 0) is 49.7 Å². The lowest BCUT2D eigenvalue weighted by Gasteiger charge is -2.32. The number of benzene rings is 3. The standard InChI is InChI=1S/C27H28F3N3O4S/c1-19-12-14-21(15-13-19)17-32(20(2)26(35)31-3)25(34)18-33(38(36,37)24-10-5-4-6-11-24)23-9-7-8-22(16-23)27(28,29)30/h4-16,20H,17-18H2,1-3H3,(H,31,35)/t20-/m0/s1. The summed E-state index contributed by atoms with van der Waals surface area (Å²) in [7, 11) is -3.05. The number of nitrogens with one attached hydrogen (secondary N) is 1. The van der Waals surface area contributed by atoms with Crippen LogP contribution in [-0.4, -0.2) is 44.8 Å². The van der Waals surface area contributed by atoms with E-state index in [-0.39, 0.29) is 17.1 Å². The van der Waals surface area contributed by atoms with Crippen molar-refractivity contribution in [1.82, 2.24) is 10.2 Å². The number of carbonyl (C=O) groups is 2. The van der Waals surface area contributed by atoms with Crippen molar-refractivity contribution in [2.24, 2.45) is 0 Å². The van der Waals surface area contributed by atoms with Crippen LogP contribution in [-0.2, 0) is 32.3 Å². The third-order valence-electron chi connectivity index (χ3n) is 5.96. The van der Waals surface area contributed by atoms with Crippen LogP contribution in [0.25, 0.3) is 0 Å². The quantitative estimate of drug-likeness (QED) is 0.431. The normalized spacial score (nSPS) is 12.5. The molecule has 3 aromatic rings. The number of anilines is 1. The molecule has 3 aromatic carbocycles. The van der Waals surface area contributed by atoms with E-state index >= 15 is 0 Å². The minimum Gasteiger partial charge on any atom is -0.357 e. The van der Waals surface area contributed by atoms with E-state index in [2.05, 4.69) is 5.32 Å². The van der Waals surface area contributed by atoms with Crippen molar-refractivity contribution < 1.29 is 31.2 Å². The maximum absolute atomic E-state index is 13.6. The largest absolute Gasteiger partial charge is 0.416 e. The zero-order chi connectivity index (χ0) is 28.1. The summed E-state index contributed by atoms with van der Waals surface area (Å²) in [6.07, 6.45) is -4.73. The number of nitrogens with zero attached hydrogens (tertiary/aromatic N) is 2. The third-order valence-corrected chi connectivity index (χ3v) is 7.75. The van der Waals surface area contributed by atoms with Gasteiger partial charge >= 0.3 is 6.18 Å². The van der Waals surface area contributed by atoms with Gasteiger partial charge in [-0.3, -0.25) is 13.9 Å². The highest BCUT2D eigenvalue weighted by atomic mass is 32.2. The molecule has 0 saturated heterocycles. The molecule has 38 heavy (non-hydrogen) atoms. The van der Waals surface area contributed by atoms with Gasteiger partial charge in [0.2, 0.25) is 11.8 Å². The van der Waals surface area contributed by atoms with Crippen LogP contribution in [0.2, 0.25) is 0 Å². The lowest BCUT2D eigenvalue weighted by atomic mass is 10.1. The van der Waals surface area contributed by atoms with Crippen molar-refractivity contribution in [3.63, 3.8) is 0 Å². The molecule has 0 aromatic heterocycles. The lowest BCUT2D eigenvalue weighted by Crippen LogP contribution is -2.50. The van der Waals surface area contributed by atoms with Gasteiger partial charge in [-0.2, -0.15) is 13.2 Å². The van der Waals surface area contributed by atoms with Crippen LogP contribution < -0.4 is 9.62 Å². The monoisotopic (exact) mass is 547 g/mol. The van der Waals surface area contributed by atoms with Gasteiger partial charge in [0.1, 0.15) is 12.6 Å². The smallest absolute Gasteiger partial charge is 0.357 e. The van der Waals surface area contributed by atoms with Crippen molar-refractivity contribution in [2.45, 2.75) is 37.5 Å². The Morgan fingerprint density at radius 2 is 1.58 bits per heavy atom. The SMILES string of the molecule is CNC(=O)[C@H](C)N(Cc1ccc(C)cc1)C(=O)CN(c1cccc(C(F)(F)F)c1)S(=O)(=O)c1ccccc1. The van der Waals surface area contributed by atoms with E-state index in [1.165, 1.54) is 49.2 Å². The first kappa shape index (κ1) is 28.7. The highest BCUT2D eigenvalue weighted by Gasteiger charge is 2.35. The van der Waals surface area contributed by atoms with Gasteiger partial charge in [0, 0.05) is 13.6 Å². The second-order valence-electron chi connectivity index (χ2n) is 8.67. The van der Waals surface area contributed by atoms with Crippen molar-refractivity contribution in [3.05, 3.63) is 95.6 Å². The molecule has 3 rings (SSSR count). The molecule has 0 unspecified atom stereocenters. The van der Waals surface area contributed by atoms with Crippen molar-refractivity contribution in [1.29, 1.82) is 0 Å². The second kappa shape index (κ2) is 11.7. The van der Waals surface area contributed by atoms with Crippen LogP contribution in [0.5, 0.6) is 0 Å². The van der Waals surface area contributed by atoms with Crippen LogP contribution in [0.1, 0.15) is 23.6 Å². The molecule has 11 heteroatoms. The highest BCUT2D eigenvalue weighted by Crippen LogP contribution is 2.33. The molecular weight excluding hydrogens is 519 g/mol. The maximum atomic E-state index is 13.6. The molecule has 1 N–H and O–H groups in total. The Balaban J connectivity index is 2.07. The fraction of sp³-hybridized carbons (Fsp3) is 0.259. The Kier molecular flexibility index (Phi) is 8.82. The molecule has 7 nitrogen and oxygen atoms in total. The fourth-order valence-electron chi connectivity index (χ4n) is 3.77. The van der Waals surface area contributed by atoms with Crippen LogP contribution in [0.4, 0.5) is 18.9 Å². The van der Waals surface area contributed by atoms with Gasteiger partial charge in [-0.1, -0.05) is 54.1 Å². The molecule has 0 fully saturated rings. The van der Waals surface area contributed by atoms with Crippen molar-refractivity contribution in [2.75, 3.05) is 17.9 Å². The number of rotatable bonds is 9. The van der Waals surface area contributed by atoms with Crippen LogP contribution in [0.3, 0.4) is 0 Å². The average Bonchev–Trinajstić information content (AvgIpc) is 2.90. The summed E-state index contributed by atoms with van der Waals surface area (Å²) in [4.78, 5) is 27.1. The Labute approximate surface area is 219 Å². The van der Waals surface area contributed by atoms with Gasteiger partial charge in [-0.15, -0.1) is 0 Å². The first-order chi connectivity index (χ1) is 17.8. The number of amides is 2. The number of carbonyl (C=O) groups excluding carboxylic acids is 2. The molecule has 0 aliphatic carbocycles. The molecule has 0 heterocycles. The number of hydrogen-bond acceptors (Lipinski definition) is 4. The predicted molar refractivity (Wildman–Crippen MR) is 138 cm³/mol. The Morgan fingerprint density at radius 3 is 2.16 bits per heavy atom. The number of alkyl halides is 3. The predicted octanol–water partition coefficient (Wildman–Crippen LogP) is 4.37. The second-order valence-corrected chi connectivity index (χ2v) is 10.5. The van der Waals surface area contributed by atoms with Crippen LogP contribution in [0.15, 0.2) is 83.8 Å². The molecular formula is C27H28F3N3O4S. The van der Waals surface area contributed by atoms with E-state index in [1.54, 1.807) is 18.2 Å². The molecule has 0 spiro atoms. The number of likely N-dealkylation sites (N-methyl/N-ethyl adjacent to an activating group) is 1. The van der Waals surface area contributed by atoms with Gasteiger partial charge in [0.15, 0.2) is 0 Å². The zero-order valence-electron chi connectivity index (χ0n) is 21.1. The third kappa shape index (κ3) is 6.71. The maximum Gasteiger partial charge on any atom is 0.416 e. The molecule has 0 bridgehead atoms. The Morgan fingerprint density at radius 1 is 0.947 bits per heavy atom. The molecule has 0 aliphatic heterocycles. The molecule has 1 atom stereocenters. The number of sulfonamides is 1. The van der Waals surface area contributed by atoms with Crippen molar-refractivity contribution in [3.8, 4) is 0 Å².